The van der Waals surface area contributed by atoms with Crippen molar-refractivity contribution in [2.75, 3.05) is 19.0 Å². The van der Waals surface area contributed by atoms with Gasteiger partial charge in [-0.1, -0.05) is 65.0 Å². The Morgan fingerprint density at radius 1 is 0.902 bits per heavy atom. The lowest BCUT2D eigenvalue weighted by Gasteiger charge is -2.31. The molecule has 3 aromatic rings. The van der Waals surface area contributed by atoms with Crippen LogP contribution in [0.2, 0.25) is 13.6 Å². The molecule has 0 spiro atoms. The van der Waals surface area contributed by atoms with Crippen molar-refractivity contribution < 1.29 is 66.3 Å². The molecule has 0 saturated heterocycles. The molecule has 3 rings (SSSR count). The summed E-state index contributed by atoms with van der Waals surface area (Å²) >= 11 is 0. The number of carbonyl (C=O) groups is 8. The highest BCUT2D eigenvalue weighted by Gasteiger charge is 2.34. The first-order chi connectivity index (χ1) is 29.3. The number of nitrogens with two attached hydrogens (primary N) is 1. The van der Waals surface area contributed by atoms with Crippen LogP contribution in [0.1, 0.15) is 83.6 Å². The lowest BCUT2D eigenvalue weighted by Crippen LogP contribution is -2.49. The van der Waals surface area contributed by atoms with Gasteiger partial charge in [-0.15, -0.1) is 0 Å². The van der Waals surface area contributed by atoms with E-state index >= 15 is 0 Å². The van der Waals surface area contributed by atoms with Gasteiger partial charge >= 0.3 is 40.9 Å². The van der Waals surface area contributed by atoms with Crippen molar-refractivity contribution in [3.63, 3.8) is 0 Å². The number of hydroxylamine groups is 2. The van der Waals surface area contributed by atoms with Crippen molar-refractivity contribution in [1.82, 2.24) is 21.0 Å². The van der Waals surface area contributed by atoms with Crippen LogP contribution in [0.25, 0.3) is 11.3 Å². The van der Waals surface area contributed by atoms with E-state index in [-0.39, 0.29) is 62.1 Å². The molecule has 1 aromatic heterocycles. The van der Waals surface area contributed by atoms with Crippen molar-refractivity contribution in [2.45, 2.75) is 78.1 Å². The summed E-state index contributed by atoms with van der Waals surface area (Å²) in [5.41, 5.74) is 6.32. The summed E-state index contributed by atoms with van der Waals surface area (Å²) in [6.07, 6.45) is 2.75. The number of carbonyl (C=O) groups excluding carboxylic acids is 8. The first kappa shape index (κ1) is 48.6. The normalized spacial score (nSPS) is 11.9. The van der Waals surface area contributed by atoms with E-state index in [1.54, 1.807) is 32.7 Å². The van der Waals surface area contributed by atoms with Crippen LogP contribution in [0.4, 0.5) is 5.69 Å². The van der Waals surface area contributed by atoms with Crippen molar-refractivity contribution in [2.24, 2.45) is 5.92 Å². The molecule has 2 aromatic carbocycles. The summed E-state index contributed by atoms with van der Waals surface area (Å²) in [4.78, 5) is 107. The fourth-order valence-corrected chi connectivity index (χ4v) is 6.04. The standard InChI is InChI=1S/C39H50B3N5O14/c1-5-7-8-12-25(29(6-2)47(22-48)61-38(54)24-11-9-10-13-27(24)43)35(51)44-21-45-37(53)31-17-16-30(57-31)23-14-15-26(32(18-23)56-20-34(50)59-41-3)36(52)46-28(19-33(49)58-40)39(55)60-42-4/h9-11,13-18,22,25,28-29,41-42H,5-8,12,19-21,40,43H2,1-4H3,(H,44,51)(H,45,53)(H,46,52)/t25-,28+,29-/m1/s1. The predicted molar refractivity (Wildman–Crippen MR) is 225 cm³/mol. The Bertz CT molecular complexity index is 2010. The molecule has 0 unspecified atom stereocenters. The minimum Gasteiger partial charge on any atom is -0.543 e. The number of ether oxygens (including phenoxy) is 1. The van der Waals surface area contributed by atoms with Gasteiger partial charge in [0.15, 0.2) is 12.4 Å². The van der Waals surface area contributed by atoms with Gasteiger partial charge in [-0.2, -0.15) is 5.06 Å². The van der Waals surface area contributed by atoms with E-state index < -0.39 is 72.6 Å². The van der Waals surface area contributed by atoms with E-state index in [9.17, 15) is 38.4 Å². The zero-order valence-corrected chi connectivity index (χ0v) is 34.8. The molecule has 3 atom stereocenters. The number of para-hydroxylation sites is 1. The number of furan rings is 1. The zero-order valence-electron chi connectivity index (χ0n) is 34.8. The number of anilines is 1. The molecule has 0 aliphatic heterocycles. The molecular weight excluding hydrogens is 795 g/mol. The second-order valence-electron chi connectivity index (χ2n) is 13.3. The Morgan fingerprint density at radius 3 is 2.30 bits per heavy atom. The van der Waals surface area contributed by atoms with Gasteiger partial charge in [0.25, 0.3) is 17.8 Å². The minimum absolute atomic E-state index is 0.0142. The summed E-state index contributed by atoms with van der Waals surface area (Å²) in [6, 6.07) is 11.0. The highest BCUT2D eigenvalue weighted by atomic mass is 16.7. The molecule has 0 fully saturated rings. The molecule has 22 heteroatoms. The largest absolute Gasteiger partial charge is 0.543 e. The summed E-state index contributed by atoms with van der Waals surface area (Å²) in [5.74, 6) is -6.21. The molecular formula is C39H50B3N5O14. The highest BCUT2D eigenvalue weighted by molar-refractivity contribution is 6.29. The van der Waals surface area contributed by atoms with E-state index in [2.05, 4.69) is 20.6 Å². The summed E-state index contributed by atoms with van der Waals surface area (Å²) in [7, 11) is 1.19. The van der Waals surface area contributed by atoms with Crippen LogP contribution in [0.5, 0.6) is 5.75 Å². The van der Waals surface area contributed by atoms with Crippen LogP contribution in [0, 0.1) is 5.92 Å². The maximum Gasteiger partial charge on any atom is 0.365 e. The average molecular weight is 845 g/mol. The first-order valence-corrected chi connectivity index (χ1v) is 19.7. The lowest BCUT2D eigenvalue weighted by molar-refractivity contribution is -0.171. The van der Waals surface area contributed by atoms with E-state index in [1.807, 2.05) is 6.92 Å². The molecule has 61 heavy (non-hydrogen) atoms. The van der Waals surface area contributed by atoms with Crippen LogP contribution >= 0.6 is 0 Å². The van der Waals surface area contributed by atoms with E-state index in [0.29, 0.717) is 24.8 Å². The SMILES string of the molecule is BOC(=O)C[C@H](NC(=O)c1ccc(-c2ccc(C(=O)NCNC(=O)[C@H](CCCCC)[C@@H](CC)N(C=O)OC(=O)c3ccccc3N)o2)cc1OCC(=O)OBC)C(=O)OBC. The van der Waals surface area contributed by atoms with E-state index in [1.165, 1.54) is 42.5 Å². The van der Waals surface area contributed by atoms with Gasteiger partial charge in [-0.25, -0.2) is 4.79 Å². The summed E-state index contributed by atoms with van der Waals surface area (Å²) < 4.78 is 26.0. The van der Waals surface area contributed by atoms with Gasteiger partial charge in [-0.3, -0.25) is 33.6 Å². The zero-order chi connectivity index (χ0) is 44.9. The Balaban J connectivity index is 1.77. The van der Waals surface area contributed by atoms with Crippen molar-refractivity contribution in [1.29, 1.82) is 0 Å². The number of amides is 4. The summed E-state index contributed by atoms with van der Waals surface area (Å²) in [5, 5.41) is 8.50. The number of rotatable bonds is 25. The quantitative estimate of drug-likeness (QED) is 0.0235. The lowest BCUT2D eigenvalue weighted by atomic mass is 9.90. The molecule has 5 N–H and O–H groups in total. The second-order valence-corrected chi connectivity index (χ2v) is 13.3. The molecule has 4 amide bonds. The Kier molecular flexibility index (Phi) is 20.0. The molecule has 0 bridgehead atoms. The highest BCUT2D eigenvalue weighted by Crippen LogP contribution is 2.30. The third-order valence-corrected chi connectivity index (χ3v) is 9.12. The third kappa shape index (κ3) is 14.5. The maximum atomic E-state index is 13.6. The van der Waals surface area contributed by atoms with Crippen molar-refractivity contribution in [3.05, 3.63) is 71.5 Å². The van der Waals surface area contributed by atoms with Gasteiger partial charge in [0, 0.05) is 11.3 Å². The van der Waals surface area contributed by atoms with Crippen LogP contribution < -0.4 is 26.4 Å². The Hall–Kier alpha value is -6.73. The van der Waals surface area contributed by atoms with Gasteiger partial charge in [-0.05, 0) is 49.2 Å². The number of hydrogen-bond donors (Lipinski definition) is 4. The van der Waals surface area contributed by atoms with Gasteiger partial charge in [0.2, 0.25) is 12.3 Å². The Labute approximate surface area is 355 Å². The average Bonchev–Trinajstić information content (AvgIpc) is 3.75. The predicted octanol–water partition coefficient (Wildman–Crippen LogP) is 1.38. The van der Waals surface area contributed by atoms with Gasteiger partial charge in [0.1, 0.15) is 17.6 Å². The molecule has 0 radical (unpaired) electrons. The second kappa shape index (κ2) is 25.0. The van der Waals surface area contributed by atoms with Crippen LogP contribution in [-0.2, 0) is 42.8 Å². The topological polar surface area (TPSA) is 261 Å². The molecule has 1 heterocycles. The minimum atomic E-state index is -1.40. The van der Waals surface area contributed by atoms with E-state index in [4.69, 9.17) is 29.0 Å². The molecule has 0 aliphatic rings. The number of nitrogens with zero attached hydrogens (tertiary/aromatic N) is 1. The first-order valence-electron chi connectivity index (χ1n) is 19.7. The third-order valence-electron chi connectivity index (χ3n) is 9.12. The van der Waals surface area contributed by atoms with Crippen LogP contribution in [-0.4, -0.2) is 101 Å². The molecule has 0 saturated carbocycles. The van der Waals surface area contributed by atoms with Gasteiger partial charge < -0.3 is 49.6 Å². The maximum absolute atomic E-state index is 13.6. The van der Waals surface area contributed by atoms with Crippen LogP contribution in [0.3, 0.4) is 0 Å². The van der Waals surface area contributed by atoms with Crippen LogP contribution in [0.15, 0.2) is 59.0 Å². The monoisotopic (exact) mass is 845 g/mol. The number of nitrogen functional groups attached to an aromatic ring is 1. The molecule has 324 valence electrons. The number of unbranched alkanes of at least 4 members (excludes halogenated alkanes) is 2. The number of hydrogen-bond acceptors (Lipinski definition) is 15. The smallest absolute Gasteiger partial charge is 0.365 e. The fraction of sp³-hybridized carbons (Fsp3) is 0.385. The number of nitrogens with one attached hydrogen (secondary N) is 3. The van der Waals surface area contributed by atoms with E-state index in [0.717, 1.165) is 26.0 Å². The molecule has 0 aliphatic carbocycles. The van der Waals surface area contributed by atoms with Gasteiger partial charge in [0.05, 0.1) is 36.2 Å². The van der Waals surface area contributed by atoms with Crippen molar-refractivity contribution >= 4 is 76.7 Å². The fourth-order valence-electron chi connectivity index (χ4n) is 6.04. The number of benzene rings is 2. The molecule has 19 nitrogen and oxygen atoms in total. The Morgan fingerprint density at radius 2 is 1.64 bits per heavy atom. The summed E-state index contributed by atoms with van der Waals surface area (Å²) in [6.45, 7) is 6.00. The van der Waals surface area contributed by atoms with Crippen molar-refractivity contribution in [3.8, 4) is 17.1 Å².